The molecule has 0 atom stereocenters. The second kappa shape index (κ2) is 6.71. The lowest BCUT2D eigenvalue weighted by Gasteiger charge is -2.10. The lowest BCUT2D eigenvalue weighted by Crippen LogP contribution is -2.06. The average molecular weight is 329 g/mol. The minimum atomic E-state index is 0.534. The van der Waals surface area contributed by atoms with Gasteiger partial charge in [-0.3, -0.25) is 0 Å². The number of hydrogen-bond acceptors (Lipinski definition) is 5. The number of nitrogens with one attached hydrogen (secondary N) is 2. The number of aryl methyl sites for hydroxylation is 2. The predicted molar refractivity (Wildman–Crippen MR) is 92.3 cm³/mol. The molecule has 3 rings (SSSR count). The fourth-order valence-electron chi connectivity index (χ4n) is 2.11. The van der Waals surface area contributed by atoms with Crippen LogP contribution in [0.25, 0.3) is 0 Å². The molecule has 0 radical (unpaired) electrons. The van der Waals surface area contributed by atoms with Crippen LogP contribution in [0.1, 0.15) is 17.0 Å². The number of furan rings is 1. The van der Waals surface area contributed by atoms with Gasteiger partial charge in [0.2, 0.25) is 5.95 Å². The Morgan fingerprint density at radius 1 is 1.13 bits per heavy atom. The van der Waals surface area contributed by atoms with Gasteiger partial charge in [-0.05, 0) is 43.7 Å². The van der Waals surface area contributed by atoms with E-state index in [1.807, 2.05) is 50.2 Å². The molecule has 2 N–H and O–H groups in total. The summed E-state index contributed by atoms with van der Waals surface area (Å²) in [6, 6.07) is 11.4. The van der Waals surface area contributed by atoms with Crippen molar-refractivity contribution in [1.82, 2.24) is 9.97 Å². The molecule has 0 aliphatic heterocycles. The van der Waals surface area contributed by atoms with Crippen LogP contribution in [0.3, 0.4) is 0 Å². The van der Waals surface area contributed by atoms with Gasteiger partial charge < -0.3 is 15.1 Å². The van der Waals surface area contributed by atoms with Crippen molar-refractivity contribution in [1.29, 1.82) is 0 Å². The first-order valence-corrected chi connectivity index (χ1v) is 7.63. The Morgan fingerprint density at radius 3 is 2.74 bits per heavy atom. The van der Waals surface area contributed by atoms with Crippen molar-refractivity contribution in [2.24, 2.45) is 0 Å². The van der Waals surface area contributed by atoms with E-state index in [-0.39, 0.29) is 0 Å². The molecule has 0 bridgehead atoms. The van der Waals surface area contributed by atoms with Crippen molar-refractivity contribution in [3.8, 4) is 0 Å². The number of halogens is 1. The molecule has 6 heteroatoms. The zero-order valence-corrected chi connectivity index (χ0v) is 13.7. The number of nitrogens with zero attached hydrogens (tertiary/aromatic N) is 2. The van der Waals surface area contributed by atoms with Crippen LogP contribution in [-0.4, -0.2) is 9.97 Å². The minimum Gasteiger partial charge on any atom is -0.467 e. The Bertz CT molecular complexity index is 802. The third-order valence-corrected chi connectivity index (χ3v) is 3.71. The molecule has 5 nitrogen and oxygen atoms in total. The summed E-state index contributed by atoms with van der Waals surface area (Å²) in [7, 11) is 0. The second-order valence-electron chi connectivity index (χ2n) is 5.24. The standard InChI is InChI=1S/C17H17ClN4O/c1-11-5-6-13(9-15(11)18)21-16-8-12(2)20-17(22-16)19-10-14-4-3-7-23-14/h3-9H,10H2,1-2H3,(H2,19,20,21,22). The highest BCUT2D eigenvalue weighted by atomic mass is 35.5. The number of aromatic nitrogens is 2. The molecule has 2 aromatic heterocycles. The van der Waals surface area contributed by atoms with Gasteiger partial charge in [-0.25, -0.2) is 4.98 Å². The largest absolute Gasteiger partial charge is 0.467 e. The highest BCUT2D eigenvalue weighted by Gasteiger charge is 2.05. The molecule has 1 aromatic carbocycles. The summed E-state index contributed by atoms with van der Waals surface area (Å²) < 4.78 is 5.29. The van der Waals surface area contributed by atoms with Crippen molar-refractivity contribution in [3.63, 3.8) is 0 Å². The van der Waals surface area contributed by atoms with Gasteiger partial charge in [0.05, 0.1) is 12.8 Å². The highest BCUT2D eigenvalue weighted by molar-refractivity contribution is 6.31. The SMILES string of the molecule is Cc1cc(Nc2ccc(C)c(Cl)c2)nc(NCc2ccco2)n1. The Labute approximate surface area is 139 Å². The maximum atomic E-state index is 6.15. The number of anilines is 3. The highest BCUT2D eigenvalue weighted by Crippen LogP contribution is 2.23. The van der Waals surface area contributed by atoms with Crippen molar-refractivity contribution >= 4 is 29.1 Å². The van der Waals surface area contributed by atoms with Crippen LogP contribution < -0.4 is 10.6 Å². The molecule has 2 heterocycles. The Balaban J connectivity index is 1.75. The summed E-state index contributed by atoms with van der Waals surface area (Å²) >= 11 is 6.15. The van der Waals surface area contributed by atoms with E-state index in [1.54, 1.807) is 6.26 Å². The van der Waals surface area contributed by atoms with Gasteiger partial charge in [-0.15, -0.1) is 0 Å². The summed E-state index contributed by atoms with van der Waals surface area (Å²) in [5, 5.41) is 7.12. The quantitative estimate of drug-likeness (QED) is 0.711. The molecule has 0 unspecified atom stereocenters. The molecule has 0 spiro atoms. The van der Waals surface area contributed by atoms with E-state index in [0.717, 1.165) is 27.7 Å². The number of rotatable bonds is 5. The maximum absolute atomic E-state index is 6.15. The summed E-state index contributed by atoms with van der Waals surface area (Å²) in [4.78, 5) is 8.84. The van der Waals surface area contributed by atoms with E-state index in [2.05, 4.69) is 20.6 Å². The summed E-state index contributed by atoms with van der Waals surface area (Å²) in [6.07, 6.45) is 1.64. The summed E-state index contributed by atoms with van der Waals surface area (Å²) in [5.74, 6) is 2.08. The Kier molecular flexibility index (Phi) is 4.48. The van der Waals surface area contributed by atoms with E-state index >= 15 is 0 Å². The normalized spacial score (nSPS) is 10.6. The Hall–Kier alpha value is -2.53. The van der Waals surface area contributed by atoms with Crippen LogP contribution in [0.15, 0.2) is 47.1 Å². The van der Waals surface area contributed by atoms with E-state index < -0.39 is 0 Å². The zero-order valence-electron chi connectivity index (χ0n) is 12.9. The van der Waals surface area contributed by atoms with Crippen molar-refractivity contribution in [2.45, 2.75) is 20.4 Å². The first-order chi connectivity index (χ1) is 11.1. The zero-order chi connectivity index (χ0) is 16.2. The van der Waals surface area contributed by atoms with Gasteiger partial charge in [-0.2, -0.15) is 4.98 Å². The monoisotopic (exact) mass is 328 g/mol. The fourth-order valence-corrected chi connectivity index (χ4v) is 2.29. The van der Waals surface area contributed by atoms with Gasteiger partial charge in [0, 0.05) is 22.5 Å². The number of benzene rings is 1. The van der Waals surface area contributed by atoms with Gasteiger partial charge in [0.15, 0.2) is 0 Å². The van der Waals surface area contributed by atoms with Crippen molar-refractivity contribution in [3.05, 3.63) is 64.7 Å². The first kappa shape index (κ1) is 15.4. The molecule has 23 heavy (non-hydrogen) atoms. The molecular weight excluding hydrogens is 312 g/mol. The first-order valence-electron chi connectivity index (χ1n) is 7.25. The van der Waals surface area contributed by atoms with Crippen LogP contribution in [0.2, 0.25) is 5.02 Å². The smallest absolute Gasteiger partial charge is 0.225 e. The van der Waals surface area contributed by atoms with Gasteiger partial charge in [-0.1, -0.05) is 17.7 Å². The van der Waals surface area contributed by atoms with Crippen LogP contribution in [-0.2, 0) is 6.54 Å². The summed E-state index contributed by atoms with van der Waals surface area (Å²) in [6.45, 7) is 4.43. The molecule has 0 aliphatic rings. The van der Waals surface area contributed by atoms with E-state index in [0.29, 0.717) is 18.3 Å². The molecule has 0 saturated carbocycles. The Morgan fingerprint density at radius 2 is 2.00 bits per heavy atom. The van der Waals surface area contributed by atoms with E-state index in [9.17, 15) is 0 Å². The lowest BCUT2D eigenvalue weighted by molar-refractivity contribution is 0.517. The third kappa shape index (κ3) is 4.02. The number of hydrogen-bond donors (Lipinski definition) is 2. The van der Waals surface area contributed by atoms with E-state index in [4.69, 9.17) is 16.0 Å². The maximum Gasteiger partial charge on any atom is 0.225 e. The molecule has 0 amide bonds. The van der Waals surface area contributed by atoms with Gasteiger partial charge in [0.1, 0.15) is 11.6 Å². The van der Waals surface area contributed by atoms with Crippen LogP contribution in [0.5, 0.6) is 0 Å². The summed E-state index contributed by atoms with van der Waals surface area (Å²) in [5.41, 5.74) is 2.79. The van der Waals surface area contributed by atoms with Crippen molar-refractivity contribution in [2.75, 3.05) is 10.6 Å². The van der Waals surface area contributed by atoms with Crippen molar-refractivity contribution < 1.29 is 4.42 Å². The second-order valence-corrected chi connectivity index (χ2v) is 5.65. The minimum absolute atomic E-state index is 0.534. The lowest BCUT2D eigenvalue weighted by atomic mass is 10.2. The van der Waals surface area contributed by atoms with E-state index in [1.165, 1.54) is 0 Å². The van der Waals surface area contributed by atoms with Crippen LogP contribution in [0.4, 0.5) is 17.5 Å². The average Bonchev–Trinajstić information content (AvgIpc) is 3.02. The van der Waals surface area contributed by atoms with Crippen LogP contribution in [0, 0.1) is 13.8 Å². The predicted octanol–water partition coefficient (Wildman–Crippen LogP) is 4.70. The molecule has 0 saturated heterocycles. The molecule has 0 aliphatic carbocycles. The van der Waals surface area contributed by atoms with Crippen LogP contribution >= 0.6 is 11.6 Å². The van der Waals surface area contributed by atoms with Gasteiger partial charge >= 0.3 is 0 Å². The molecule has 3 aromatic rings. The van der Waals surface area contributed by atoms with Gasteiger partial charge in [0.25, 0.3) is 0 Å². The molecular formula is C17H17ClN4O. The third-order valence-electron chi connectivity index (χ3n) is 3.30. The molecule has 118 valence electrons. The molecule has 0 fully saturated rings. The fraction of sp³-hybridized carbons (Fsp3) is 0.176. The topological polar surface area (TPSA) is 63.0 Å².